The van der Waals surface area contributed by atoms with Crippen LogP contribution < -0.4 is 0 Å². The molecule has 0 spiro atoms. The summed E-state index contributed by atoms with van der Waals surface area (Å²) in [5.41, 5.74) is 0. The van der Waals surface area contributed by atoms with E-state index in [1.165, 1.54) is 7.11 Å². The monoisotopic (exact) mass is 122 g/mol. The topological polar surface area (TPSA) is 26.3 Å². The molecule has 0 aromatic rings. The van der Waals surface area contributed by atoms with Gasteiger partial charge in [0.05, 0.1) is 0 Å². The molecule has 3 heteroatoms. The van der Waals surface area contributed by atoms with E-state index in [1.807, 2.05) is 0 Å². The molecule has 2 nitrogen and oxygen atoms in total. The quantitative estimate of drug-likeness (QED) is 0.432. The number of ether oxygens (including phenoxy) is 1. The predicted octanol–water partition coefficient (Wildman–Crippen LogP) is 0.300. The van der Waals surface area contributed by atoms with Crippen LogP contribution in [-0.4, -0.2) is 12.0 Å². The van der Waals surface area contributed by atoms with Gasteiger partial charge in [0.1, 0.15) is 0 Å². The molecule has 0 heterocycles. The number of hydrogen-bond acceptors (Lipinski definition) is 2. The van der Waals surface area contributed by atoms with Crippen LogP contribution in [0.1, 0.15) is 0 Å². The molecule has 0 bridgehead atoms. The molecule has 0 saturated heterocycles. The minimum absolute atomic E-state index is 0.683. The van der Waals surface area contributed by atoms with Gasteiger partial charge in [-0.15, -0.1) is 0 Å². The Hall–Kier alpha value is -0.0105. The molecule has 0 aliphatic heterocycles. The van der Waals surface area contributed by atoms with Gasteiger partial charge in [0.15, 0.2) is 0 Å². The summed E-state index contributed by atoms with van der Waals surface area (Å²) in [7, 11) is 1.24. The van der Waals surface area contributed by atoms with E-state index in [-0.39, 0.29) is 0 Å². The molecular formula is C2H3CuO2. The zero-order valence-electron chi connectivity index (χ0n) is 2.62. The maximum atomic E-state index is 9.40. The number of methoxy groups -OCH3 is 1. The van der Waals surface area contributed by atoms with E-state index in [1.54, 1.807) is 0 Å². The fourth-order valence-corrected chi connectivity index (χ4v) is 0. The van der Waals surface area contributed by atoms with Crippen LogP contribution in [0.15, 0.2) is 0 Å². The van der Waals surface area contributed by atoms with E-state index in [9.17, 15) is 4.79 Å². The zero-order chi connectivity index (χ0) is 4.28. The maximum absolute atomic E-state index is 9.40. The molecule has 0 saturated carbocycles. The van der Waals surface area contributed by atoms with E-state index < -0.39 is 4.87 Å². The van der Waals surface area contributed by atoms with Crippen LogP contribution in [0, 0.1) is 0 Å². The van der Waals surface area contributed by atoms with E-state index in [2.05, 4.69) is 20.7 Å². The minimum atomic E-state index is -0.683. The molecule has 0 unspecified atom stereocenters. The molecule has 0 fully saturated rings. The molecular weight excluding hydrogens is 120 g/mol. The molecule has 0 N–H and O–H groups in total. The first-order valence-corrected chi connectivity index (χ1v) is 1.44. The third-order valence-electron chi connectivity index (χ3n) is 0.145. The Kier molecular flexibility index (Phi) is 2.24. The Morgan fingerprint density at radius 3 is 2.20 bits per heavy atom. The third kappa shape index (κ3) is 3.99. The van der Waals surface area contributed by atoms with Crippen molar-refractivity contribution in [1.29, 1.82) is 0 Å². The van der Waals surface area contributed by atoms with Crippen LogP contribution in [-0.2, 0) is 20.7 Å². The van der Waals surface area contributed by atoms with Crippen molar-refractivity contribution in [2.45, 2.75) is 0 Å². The molecule has 0 atom stereocenters. The van der Waals surface area contributed by atoms with E-state index in [4.69, 9.17) is 0 Å². The van der Waals surface area contributed by atoms with Crippen LogP contribution in [0.5, 0.6) is 0 Å². The van der Waals surface area contributed by atoms with Crippen molar-refractivity contribution in [3.05, 3.63) is 0 Å². The second-order valence-electron chi connectivity index (χ2n) is 0.411. The normalized spacial score (nSPS) is 7.00. The number of carbonyl (C=O) groups is 1. The third-order valence-corrected chi connectivity index (χ3v) is 0.337. The van der Waals surface area contributed by atoms with Gasteiger partial charge in [-0.2, -0.15) is 0 Å². The standard InChI is InChI=1S/C2H3O2.Cu/c1-4-2-3;/h1H3;. The molecule has 0 aromatic carbocycles. The van der Waals surface area contributed by atoms with Crippen LogP contribution in [0.4, 0.5) is 4.79 Å². The average Bonchev–Trinajstić information content (AvgIpc) is 1.38. The predicted molar refractivity (Wildman–Crippen MR) is 12.4 cm³/mol. The van der Waals surface area contributed by atoms with Crippen LogP contribution in [0.2, 0.25) is 0 Å². The van der Waals surface area contributed by atoms with Crippen molar-refractivity contribution in [2.24, 2.45) is 0 Å². The van der Waals surface area contributed by atoms with Crippen LogP contribution in [0.25, 0.3) is 0 Å². The molecule has 0 radical (unpaired) electrons. The first-order chi connectivity index (χ1) is 2.27. The van der Waals surface area contributed by atoms with Crippen molar-refractivity contribution < 1.29 is 25.5 Å². The van der Waals surface area contributed by atoms with E-state index in [0.717, 1.165) is 0 Å². The van der Waals surface area contributed by atoms with Gasteiger partial charge in [-0.1, -0.05) is 0 Å². The fourth-order valence-electron chi connectivity index (χ4n) is 0. The van der Waals surface area contributed by atoms with Gasteiger partial charge in [-0.05, 0) is 0 Å². The molecule has 0 aromatic heterocycles. The van der Waals surface area contributed by atoms with Gasteiger partial charge in [0.25, 0.3) is 0 Å². The Morgan fingerprint density at radius 2 is 2.20 bits per heavy atom. The molecule has 0 aliphatic rings. The zero-order valence-corrected chi connectivity index (χ0v) is 3.56. The summed E-state index contributed by atoms with van der Waals surface area (Å²) in [6.07, 6.45) is 0. The van der Waals surface area contributed by atoms with Gasteiger partial charge in [0.2, 0.25) is 0 Å². The molecule has 0 rings (SSSR count). The van der Waals surface area contributed by atoms with Gasteiger partial charge in [0, 0.05) is 0 Å². The Balaban J connectivity index is 2.85. The van der Waals surface area contributed by atoms with Crippen molar-refractivity contribution in [3.63, 3.8) is 0 Å². The van der Waals surface area contributed by atoms with Gasteiger partial charge < -0.3 is 0 Å². The summed E-state index contributed by atoms with van der Waals surface area (Å²) in [5.74, 6) is 0. The second kappa shape index (κ2) is 2.24. The molecule has 0 aliphatic carbocycles. The number of rotatable bonds is 0. The average molecular weight is 123 g/mol. The summed E-state index contributed by atoms with van der Waals surface area (Å²) in [4.78, 5) is 8.71. The number of hydrogen-bond donors (Lipinski definition) is 0. The van der Waals surface area contributed by atoms with Gasteiger partial charge >= 0.3 is 37.5 Å². The Labute approximate surface area is 38.3 Å². The van der Waals surface area contributed by atoms with Crippen molar-refractivity contribution in [2.75, 3.05) is 7.11 Å². The van der Waals surface area contributed by atoms with Gasteiger partial charge in [-0.3, -0.25) is 0 Å². The van der Waals surface area contributed by atoms with Crippen LogP contribution >= 0.6 is 0 Å². The summed E-state index contributed by atoms with van der Waals surface area (Å²) in [6.45, 7) is 0. The van der Waals surface area contributed by atoms with E-state index >= 15 is 0 Å². The summed E-state index contributed by atoms with van der Waals surface area (Å²) in [6, 6.07) is 0. The first-order valence-electron chi connectivity index (χ1n) is 0.967. The van der Waals surface area contributed by atoms with Gasteiger partial charge in [-0.25, -0.2) is 0 Å². The fraction of sp³-hybridized carbons (Fsp3) is 0.500. The van der Waals surface area contributed by atoms with Crippen LogP contribution in [0.3, 0.4) is 0 Å². The Bertz CT molecular complexity index is 42.9. The summed E-state index contributed by atoms with van der Waals surface area (Å²) in [5, 5.41) is 0. The second-order valence-corrected chi connectivity index (χ2v) is 0.795. The summed E-state index contributed by atoms with van der Waals surface area (Å²) >= 11 is 4.05. The van der Waals surface area contributed by atoms with Crippen molar-refractivity contribution >= 4 is 4.87 Å². The first kappa shape index (κ1) is 4.99. The van der Waals surface area contributed by atoms with Crippen molar-refractivity contribution in [1.82, 2.24) is 0 Å². The molecule has 0 amide bonds. The molecule has 5 heavy (non-hydrogen) atoms. The van der Waals surface area contributed by atoms with Crippen molar-refractivity contribution in [3.8, 4) is 0 Å². The van der Waals surface area contributed by atoms with E-state index in [0.29, 0.717) is 0 Å². The molecule has 34 valence electrons. The number of carbonyl (C=O) groups excluding carboxylic acids is 1. The SMILES string of the molecule is CO[C](=O)[Cu]. The summed E-state index contributed by atoms with van der Waals surface area (Å²) < 4.78 is 3.92. The Morgan fingerprint density at radius 1 is 2.00 bits per heavy atom.